The van der Waals surface area contributed by atoms with Crippen LogP contribution in [0.5, 0.6) is 0 Å². The molecule has 1 aliphatic heterocycles. The molecule has 0 radical (unpaired) electrons. The molecule has 136 valence electrons. The summed E-state index contributed by atoms with van der Waals surface area (Å²) >= 11 is 0. The average Bonchev–Trinajstić information content (AvgIpc) is 3.14. The van der Waals surface area contributed by atoms with Gasteiger partial charge in [-0.05, 0) is 43.7 Å². The molecule has 2 amide bonds. The summed E-state index contributed by atoms with van der Waals surface area (Å²) in [5.74, 6) is 0.324. The van der Waals surface area contributed by atoms with Crippen molar-refractivity contribution in [1.82, 2.24) is 5.32 Å². The van der Waals surface area contributed by atoms with Gasteiger partial charge in [0.1, 0.15) is 0 Å². The Morgan fingerprint density at radius 2 is 1.84 bits per heavy atom. The molecule has 2 aliphatic rings. The maximum absolute atomic E-state index is 12.5. The van der Waals surface area contributed by atoms with Gasteiger partial charge >= 0.3 is 0 Å². The summed E-state index contributed by atoms with van der Waals surface area (Å²) < 4.78 is 5.53. The maximum Gasteiger partial charge on any atom is 0.253 e. The van der Waals surface area contributed by atoms with Gasteiger partial charge < -0.3 is 15.4 Å². The molecule has 1 saturated heterocycles. The minimum absolute atomic E-state index is 0.00581. The summed E-state index contributed by atoms with van der Waals surface area (Å²) in [5.41, 5.74) is 1.10. The Morgan fingerprint density at radius 1 is 1.04 bits per heavy atom. The lowest BCUT2D eigenvalue weighted by Gasteiger charge is -2.21. The van der Waals surface area contributed by atoms with Crippen molar-refractivity contribution in [1.29, 1.82) is 0 Å². The number of para-hydroxylation sites is 1. The second-order valence-corrected chi connectivity index (χ2v) is 7.15. The Balaban J connectivity index is 1.55. The number of ether oxygens (including phenoxy) is 1. The van der Waals surface area contributed by atoms with Gasteiger partial charge in [-0.25, -0.2) is 0 Å². The molecular weight excluding hydrogens is 316 g/mol. The van der Waals surface area contributed by atoms with Crippen molar-refractivity contribution >= 4 is 17.5 Å². The molecule has 5 heteroatoms. The van der Waals surface area contributed by atoms with Gasteiger partial charge in [0.15, 0.2) is 0 Å². The van der Waals surface area contributed by atoms with E-state index in [1.54, 1.807) is 12.1 Å². The first-order valence-electron chi connectivity index (χ1n) is 9.51. The normalized spacial score (nSPS) is 21.0. The number of amides is 2. The van der Waals surface area contributed by atoms with Crippen LogP contribution in [-0.2, 0) is 9.53 Å². The largest absolute Gasteiger partial charge is 0.376 e. The van der Waals surface area contributed by atoms with E-state index >= 15 is 0 Å². The number of carbonyl (C=O) groups excluding carboxylic acids is 2. The molecule has 1 heterocycles. The van der Waals surface area contributed by atoms with Gasteiger partial charge in [-0.2, -0.15) is 0 Å². The zero-order valence-corrected chi connectivity index (χ0v) is 14.8. The first-order chi connectivity index (χ1) is 12.2. The van der Waals surface area contributed by atoms with Crippen LogP contribution in [0.15, 0.2) is 24.3 Å². The first kappa shape index (κ1) is 17.9. The molecule has 1 aliphatic carbocycles. The fraction of sp³-hybridized carbons (Fsp3) is 0.600. The number of anilines is 1. The predicted octanol–water partition coefficient (Wildman–Crippen LogP) is 3.50. The minimum atomic E-state index is -0.163. The van der Waals surface area contributed by atoms with Crippen molar-refractivity contribution in [3.05, 3.63) is 29.8 Å². The Hall–Kier alpha value is -1.88. The molecule has 25 heavy (non-hydrogen) atoms. The number of benzene rings is 1. The lowest BCUT2D eigenvalue weighted by molar-refractivity contribution is -0.117. The summed E-state index contributed by atoms with van der Waals surface area (Å²) in [5, 5.41) is 5.86. The van der Waals surface area contributed by atoms with Crippen LogP contribution in [0.3, 0.4) is 0 Å². The third-order valence-corrected chi connectivity index (χ3v) is 5.16. The highest BCUT2D eigenvalue weighted by Gasteiger charge is 2.20. The fourth-order valence-corrected chi connectivity index (χ4v) is 3.75. The van der Waals surface area contributed by atoms with Crippen LogP contribution in [0.4, 0.5) is 5.69 Å². The Bertz CT molecular complexity index is 590. The highest BCUT2D eigenvalue weighted by atomic mass is 16.5. The van der Waals surface area contributed by atoms with Gasteiger partial charge in [-0.1, -0.05) is 31.4 Å². The van der Waals surface area contributed by atoms with E-state index in [0.29, 0.717) is 30.1 Å². The van der Waals surface area contributed by atoms with Crippen molar-refractivity contribution in [2.24, 2.45) is 5.92 Å². The number of nitrogens with one attached hydrogen (secondary N) is 2. The fourth-order valence-electron chi connectivity index (χ4n) is 3.75. The lowest BCUT2D eigenvalue weighted by atomic mass is 9.87. The molecule has 0 spiro atoms. The van der Waals surface area contributed by atoms with Crippen molar-refractivity contribution in [3.63, 3.8) is 0 Å². The summed E-state index contributed by atoms with van der Waals surface area (Å²) in [6.45, 7) is 1.29. The van der Waals surface area contributed by atoms with Gasteiger partial charge in [-0.3, -0.25) is 9.59 Å². The molecule has 3 rings (SSSR count). The van der Waals surface area contributed by atoms with Crippen LogP contribution >= 0.6 is 0 Å². The third kappa shape index (κ3) is 5.30. The Morgan fingerprint density at radius 3 is 2.60 bits per heavy atom. The SMILES string of the molecule is O=C(CC1CCCCC1)Nc1ccccc1C(=O)NCC1CCCO1. The lowest BCUT2D eigenvalue weighted by Crippen LogP contribution is -2.32. The first-order valence-corrected chi connectivity index (χ1v) is 9.51. The second-order valence-electron chi connectivity index (χ2n) is 7.15. The Labute approximate surface area is 149 Å². The number of carbonyl (C=O) groups is 2. The van der Waals surface area contributed by atoms with Crippen molar-refractivity contribution in [2.45, 2.75) is 57.5 Å². The van der Waals surface area contributed by atoms with Crippen LogP contribution in [0.2, 0.25) is 0 Å². The van der Waals surface area contributed by atoms with Crippen LogP contribution in [0, 0.1) is 5.92 Å². The molecule has 1 saturated carbocycles. The molecule has 1 aromatic carbocycles. The number of hydrogen-bond donors (Lipinski definition) is 2. The van der Waals surface area contributed by atoms with Gasteiger partial charge in [0, 0.05) is 19.6 Å². The van der Waals surface area contributed by atoms with Crippen LogP contribution in [0.25, 0.3) is 0 Å². The zero-order chi connectivity index (χ0) is 17.5. The van der Waals surface area contributed by atoms with Gasteiger partial charge in [0.05, 0.1) is 17.4 Å². The van der Waals surface area contributed by atoms with E-state index in [9.17, 15) is 9.59 Å². The van der Waals surface area contributed by atoms with E-state index < -0.39 is 0 Å². The van der Waals surface area contributed by atoms with E-state index in [4.69, 9.17) is 4.74 Å². The molecule has 2 N–H and O–H groups in total. The van der Waals surface area contributed by atoms with Crippen LogP contribution in [-0.4, -0.2) is 31.1 Å². The molecule has 1 atom stereocenters. The molecular formula is C20H28N2O3. The molecule has 1 unspecified atom stereocenters. The molecule has 0 aromatic heterocycles. The van der Waals surface area contributed by atoms with E-state index in [2.05, 4.69) is 10.6 Å². The van der Waals surface area contributed by atoms with Crippen molar-refractivity contribution in [3.8, 4) is 0 Å². The highest BCUT2D eigenvalue weighted by Crippen LogP contribution is 2.27. The summed E-state index contributed by atoms with van der Waals surface area (Å²) in [6, 6.07) is 7.20. The van der Waals surface area contributed by atoms with Gasteiger partial charge in [0.2, 0.25) is 5.91 Å². The smallest absolute Gasteiger partial charge is 0.253 e. The summed E-state index contributed by atoms with van der Waals surface area (Å²) in [4.78, 5) is 24.8. The third-order valence-electron chi connectivity index (χ3n) is 5.16. The standard InChI is InChI=1S/C20H28N2O3/c23-19(13-15-7-2-1-3-8-15)22-18-11-5-4-10-17(18)20(24)21-14-16-9-6-12-25-16/h4-5,10-11,15-16H,1-3,6-9,12-14H2,(H,21,24)(H,22,23). The predicted molar refractivity (Wildman–Crippen MR) is 97.6 cm³/mol. The second kappa shape index (κ2) is 8.99. The van der Waals surface area contributed by atoms with Crippen LogP contribution in [0.1, 0.15) is 61.7 Å². The van der Waals surface area contributed by atoms with Gasteiger partial charge in [0.25, 0.3) is 5.91 Å². The van der Waals surface area contributed by atoms with Crippen molar-refractivity contribution in [2.75, 3.05) is 18.5 Å². The maximum atomic E-state index is 12.5. The van der Waals surface area contributed by atoms with Gasteiger partial charge in [-0.15, -0.1) is 0 Å². The zero-order valence-electron chi connectivity index (χ0n) is 14.8. The van der Waals surface area contributed by atoms with Crippen molar-refractivity contribution < 1.29 is 14.3 Å². The quantitative estimate of drug-likeness (QED) is 0.830. The highest BCUT2D eigenvalue weighted by molar-refractivity contribution is 6.03. The Kier molecular flexibility index (Phi) is 6.45. The monoisotopic (exact) mass is 344 g/mol. The number of hydrogen-bond acceptors (Lipinski definition) is 3. The number of rotatable bonds is 6. The summed E-state index contributed by atoms with van der Waals surface area (Å²) in [7, 11) is 0. The molecule has 0 bridgehead atoms. The molecule has 5 nitrogen and oxygen atoms in total. The van der Waals surface area contributed by atoms with E-state index in [-0.39, 0.29) is 17.9 Å². The average molecular weight is 344 g/mol. The molecule has 1 aromatic rings. The van der Waals surface area contributed by atoms with E-state index in [0.717, 1.165) is 32.3 Å². The van der Waals surface area contributed by atoms with E-state index in [1.165, 1.54) is 19.3 Å². The topological polar surface area (TPSA) is 67.4 Å². The van der Waals surface area contributed by atoms with Crippen LogP contribution < -0.4 is 10.6 Å². The molecule has 2 fully saturated rings. The minimum Gasteiger partial charge on any atom is -0.376 e. The summed E-state index contributed by atoms with van der Waals surface area (Å²) in [6.07, 6.45) is 8.69. The van der Waals surface area contributed by atoms with E-state index in [1.807, 2.05) is 12.1 Å².